The summed E-state index contributed by atoms with van der Waals surface area (Å²) < 4.78 is 0. The summed E-state index contributed by atoms with van der Waals surface area (Å²) in [5.41, 5.74) is 0. The Bertz CT molecular complexity index is 397. The number of rotatable bonds is 5. The van der Waals surface area contributed by atoms with Crippen LogP contribution in [0.1, 0.15) is 52.9 Å². The van der Waals surface area contributed by atoms with Gasteiger partial charge in [-0.3, -0.25) is 9.59 Å². The Morgan fingerprint density at radius 2 is 2.18 bits per heavy atom. The molecule has 2 N–H and O–H groups in total. The van der Waals surface area contributed by atoms with Gasteiger partial charge in [-0.15, -0.1) is 0 Å². The molecule has 2 aliphatic heterocycles. The van der Waals surface area contributed by atoms with Gasteiger partial charge in [0, 0.05) is 19.0 Å². The van der Waals surface area contributed by atoms with E-state index in [1.54, 1.807) is 0 Å². The Kier molecular flexibility index (Phi) is 6.24. The molecule has 2 amide bonds. The van der Waals surface area contributed by atoms with Crippen LogP contribution < -0.4 is 10.6 Å². The molecule has 0 radical (unpaired) electrons. The quantitative estimate of drug-likeness (QED) is 0.809. The van der Waals surface area contributed by atoms with Crippen LogP contribution in [-0.4, -0.2) is 48.4 Å². The van der Waals surface area contributed by atoms with E-state index in [4.69, 9.17) is 0 Å². The fraction of sp³-hybridized carbons (Fsp3) is 0.882. The van der Waals surface area contributed by atoms with Gasteiger partial charge in [0.15, 0.2) is 0 Å². The molecule has 0 aromatic carbocycles. The highest BCUT2D eigenvalue weighted by Gasteiger charge is 2.33. The van der Waals surface area contributed by atoms with Gasteiger partial charge in [0.05, 0.1) is 0 Å². The molecular formula is C17H31N3O2. The van der Waals surface area contributed by atoms with Gasteiger partial charge >= 0.3 is 0 Å². The molecular weight excluding hydrogens is 278 g/mol. The van der Waals surface area contributed by atoms with E-state index in [9.17, 15) is 9.59 Å². The minimum Gasteiger partial charge on any atom is -0.351 e. The predicted octanol–water partition coefficient (Wildman–Crippen LogP) is 1.53. The van der Waals surface area contributed by atoms with Crippen LogP contribution in [0.5, 0.6) is 0 Å². The number of piperidine rings is 2. The van der Waals surface area contributed by atoms with Crippen molar-refractivity contribution in [3.63, 3.8) is 0 Å². The van der Waals surface area contributed by atoms with Gasteiger partial charge in [0.2, 0.25) is 11.8 Å². The van der Waals surface area contributed by atoms with E-state index in [0.717, 1.165) is 45.3 Å². The largest absolute Gasteiger partial charge is 0.351 e. The zero-order valence-electron chi connectivity index (χ0n) is 14.2. The Balaban J connectivity index is 2.03. The molecule has 126 valence electrons. The average molecular weight is 309 g/mol. The maximum absolute atomic E-state index is 12.8. The van der Waals surface area contributed by atoms with E-state index < -0.39 is 0 Å². The third-order valence-corrected chi connectivity index (χ3v) is 4.85. The van der Waals surface area contributed by atoms with Gasteiger partial charge in [-0.25, -0.2) is 0 Å². The number of amides is 2. The lowest BCUT2D eigenvalue weighted by atomic mass is 9.93. The molecule has 0 saturated carbocycles. The highest BCUT2D eigenvalue weighted by atomic mass is 16.2. The maximum atomic E-state index is 12.8. The van der Waals surface area contributed by atoms with Gasteiger partial charge in [-0.05, 0) is 50.6 Å². The lowest BCUT2D eigenvalue weighted by molar-refractivity contribution is -0.143. The van der Waals surface area contributed by atoms with Crippen molar-refractivity contribution in [2.75, 3.05) is 19.6 Å². The molecule has 5 nitrogen and oxygen atoms in total. The van der Waals surface area contributed by atoms with Crippen LogP contribution in [0.4, 0.5) is 0 Å². The molecule has 5 heteroatoms. The lowest BCUT2D eigenvalue weighted by Gasteiger charge is -2.37. The van der Waals surface area contributed by atoms with Gasteiger partial charge in [-0.1, -0.05) is 20.8 Å². The molecule has 0 spiro atoms. The van der Waals surface area contributed by atoms with Crippen LogP contribution in [0.25, 0.3) is 0 Å². The van der Waals surface area contributed by atoms with Gasteiger partial charge in [0.25, 0.3) is 0 Å². The number of likely N-dealkylation sites (tertiary alicyclic amines) is 1. The van der Waals surface area contributed by atoms with Crippen molar-refractivity contribution in [3.05, 3.63) is 0 Å². The summed E-state index contributed by atoms with van der Waals surface area (Å²) in [7, 11) is 0. The first kappa shape index (κ1) is 17.3. The Hall–Kier alpha value is -1.10. The number of hydrogen-bond acceptors (Lipinski definition) is 3. The second-order valence-electron chi connectivity index (χ2n) is 7.27. The number of nitrogens with zero attached hydrogens (tertiary/aromatic N) is 1. The molecule has 2 rings (SSSR count). The van der Waals surface area contributed by atoms with Crippen molar-refractivity contribution in [3.8, 4) is 0 Å². The number of nitrogens with one attached hydrogen (secondary N) is 2. The Morgan fingerprint density at radius 3 is 2.82 bits per heavy atom. The highest BCUT2D eigenvalue weighted by molar-refractivity contribution is 5.88. The van der Waals surface area contributed by atoms with Crippen LogP contribution in [0.3, 0.4) is 0 Å². The number of carbonyl (C=O) groups excluding carboxylic acids is 2. The summed E-state index contributed by atoms with van der Waals surface area (Å²) in [6, 6.07) is -0.0711. The van der Waals surface area contributed by atoms with E-state index in [1.165, 1.54) is 0 Å². The zero-order valence-corrected chi connectivity index (χ0v) is 14.2. The van der Waals surface area contributed by atoms with E-state index >= 15 is 0 Å². The monoisotopic (exact) mass is 309 g/mol. The molecule has 0 aliphatic carbocycles. The van der Waals surface area contributed by atoms with Crippen LogP contribution in [0.15, 0.2) is 0 Å². The maximum Gasteiger partial charge on any atom is 0.243 e. The average Bonchev–Trinajstić information content (AvgIpc) is 2.48. The minimum absolute atomic E-state index is 0.0442. The highest BCUT2D eigenvalue weighted by Crippen LogP contribution is 2.20. The van der Waals surface area contributed by atoms with Crippen LogP contribution >= 0.6 is 0 Å². The third kappa shape index (κ3) is 4.45. The van der Waals surface area contributed by atoms with Crippen molar-refractivity contribution >= 4 is 11.8 Å². The fourth-order valence-electron chi connectivity index (χ4n) is 3.49. The molecule has 2 saturated heterocycles. The molecule has 0 aromatic rings. The van der Waals surface area contributed by atoms with Crippen molar-refractivity contribution in [1.29, 1.82) is 0 Å². The number of hydrogen-bond donors (Lipinski definition) is 2. The van der Waals surface area contributed by atoms with Gasteiger partial charge < -0.3 is 15.5 Å². The van der Waals surface area contributed by atoms with Crippen molar-refractivity contribution in [2.45, 2.75) is 65.0 Å². The molecule has 0 bridgehead atoms. The van der Waals surface area contributed by atoms with E-state index in [0.29, 0.717) is 18.3 Å². The first-order valence-electron chi connectivity index (χ1n) is 8.79. The summed E-state index contributed by atoms with van der Waals surface area (Å²) in [5, 5.41) is 6.57. The predicted molar refractivity (Wildman–Crippen MR) is 87.4 cm³/mol. The summed E-state index contributed by atoms with van der Waals surface area (Å²) in [6.07, 6.45) is 4.27. The van der Waals surface area contributed by atoms with Crippen LogP contribution in [0.2, 0.25) is 0 Å². The van der Waals surface area contributed by atoms with Crippen molar-refractivity contribution in [2.24, 2.45) is 11.8 Å². The molecule has 2 aliphatic rings. The molecule has 3 unspecified atom stereocenters. The second-order valence-corrected chi connectivity index (χ2v) is 7.27. The summed E-state index contributed by atoms with van der Waals surface area (Å²) >= 11 is 0. The smallest absolute Gasteiger partial charge is 0.243 e. The standard InChI is InChI=1S/C17H31N3O2/c1-12(2)10-15(20-9-5-4-6-16(20)21)17(22)19-14-7-8-18-11-13(14)3/h12-15,18H,4-11H2,1-3H3,(H,19,22). The normalized spacial score (nSPS) is 27.8. The van der Waals surface area contributed by atoms with Crippen LogP contribution in [-0.2, 0) is 9.59 Å². The van der Waals surface area contributed by atoms with E-state index in [-0.39, 0.29) is 23.9 Å². The van der Waals surface area contributed by atoms with Crippen LogP contribution in [0, 0.1) is 11.8 Å². The molecule has 3 atom stereocenters. The summed E-state index contributed by atoms with van der Waals surface area (Å²) in [6.45, 7) is 9.02. The first-order valence-corrected chi connectivity index (χ1v) is 8.79. The fourth-order valence-corrected chi connectivity index (χ4v) is 3.49. The summed E-state index contributed by atoms with van der Waals surface area (Å²) in [4.78, 5) is 26.9. The minimum atomic E-state index is -0.296. The molecule has 22 heavy (non-hydrogen) atoms. The zero-order chi connectivity index (χ0) is 16.1. The topological polar surface area (TPSA) is 61.4 Å². The molecule has 2 heterocycles. The van der Waals surface area contributed by atoms with E-state index in [1.807, 2.05) is 4.90 Å². The third-order valence-electron chi connectivity index (χ3n) is 4.85. The van der Waals surface area contributed by atoms with Gasteiger partial charge in [0.1, 0.15) is 6.04 Å². The van der Waals surface area contributed by atoms with E-state index in [2.05, 4.69) is 31.4 Å². The lowest BCUT2D eigenvalue weighted by Crippen LogP contribution is -2.56. The second kappa shape index (κ2) is 7.95. The first-order chi connectivity index (χ1) is 10.5. The molecule has 2 fully saturated rings. The summed E-state index contributed by atoms with van der Waals surface area (Å²) in [5.74, 6) is 1.03. The number of carbonyl (C=O) groups is 2. The SMILES string of the molecule is CC(C)CC(C(=O)NC1CCNCC1C)N1CCCCC1=O. The van der Waals surface area contributed by atoms with Gasteiger partial charge in [-0.2, -0.15) is 0 Å². The molecule has 0 aromatic heterocycles. The van der Waals surface area contributed by atoms with Crippen molar-refractivity contribution in [1.82, 2.24) is 15.5 Å². The van der Waals surface area contributed by atoms with Crippen molar-refractivity contribution < 1.29 is 9.59 Å². The Labute approximate surface area is 134 Å². The Morgan fingerprint density at radius 1 is 1.41 bits per heavy atom.